The van der Waals surface area contributed by atoms with Crippen LogP contribution in [-0.4, -0.2) is 20.3 Å². The molecule has 1 amide bonds. The number of pyridine rings is 1. The Hall–Kier alpha value is -3.15. The minimum absolute atomic E-state index is 0.101. The molecule has 4 rings (SSSR count). The van der Waals surface area contributed by atoms with Gasteiger partial charge >= 0.3 is 0 Å². The summed E-state index contributed by atoms with van der Waals surface area (Å²) in [6.45, 7) is 0.354. The molecule has 26 heavy (non-hydrogen) atoms. The third kappa shape index (κ3) is 3.18. The lowest BCUT2D eigenvalue weighted by molar-refractivity contribution is -0.116. The SMILES string of the molecule is O=C(CCn1ccccc1=O)Nc1c2c(nn1-c1ccccc1)CCC2. The number of carbonyl (C=O) groups is 1. The normalized spacial score (nSPS) is 12.8. The molecule has 132 valence electrons. The second-order valence-electron chi connectivity index (χ2n) is 6.41. The molecule has 1 N–H and O–H groups in total. The predicted molar refractivity (Wildman–Crippen MR) is 99.5 cm³/mol. The van der Waals surface area contributed by atoms with Gasteiger partial charge < -0.3 is 9.88 Å². The molecule has 1 aromatic carbocycles. The fourth-order valence-electron chi connectivity index (χ4n) is 3.34. The van der Waals surface area contributed by atoms with Crippen molar-refractivity contribution in [2.45, 2.75) is 32.2 Å². The van der Waals surface area contributed by atoms with Crippen molar-refractivity contribution in [3.05, 3.63) is 76.3 Å². The fraction of sp³-hybridized carbons (Fsp3) is 0.250. The molecule has 0 aliphatic heterocycles. The summed E-state index contributed by atoms with van der Waals surface area (Å²) in [4.78, 5) is 24.3. The molecule has 0 spiro atoms. The zero-order chi connectivity index (χ0) is 17.9. The molecule has 0 atom stereocenters. The maximum Gasteiger partial charge on any atom is 0.250 e. The first-order valence-corrected chi connectivity index (χ1v) is 8.84. The van der Waals surface area contributed by atoms with Crippen LogP contribution < -0.4 is 10.9 Å². The predicted octanol–water partition coefficient (Wildman–Crippen LogP) is 2.55. The second kappa shape index (κ2) is 7.00. The van der Waals surface area contributed by atoms with Crippen LogP contribution >= 0.6 is 0 Å². The Kier molecular flexibility index (Phi) is 4.39. The number of amides is 1. The summed E-state index contributed by atoms with van der Waals surface area (Å²) in [5, 5.41) is 7.72. The first-order chi connectivity index (χ1) is 12.7. The van der Waals surface area contributed by atoms with E-state index in [-0.39, 0.29) is 17.9 Å². The monoisotopic (exact) mass is 348 g/mol. The highest BCUT2D eigenvalue weighted by molar-refractivity contribution is 5.91. The van der Waals surface area contributed by atoms with Crippen molar-refractivity contribution >= 4 is 11.7 Å². The lowest BCUT2D eigenvalue weighted by Gasteiger charge is -2.11. The lowest BCUT2D eigenvalue weighted by atomic mass is 10.2. The third-order valence-electron chi connectivity index (χ3n) is 4.64. The summed E-state index contributed by atoms with van der Waals surface area (Å²) in [6, 6.07) is 14.8. The molecule has 6 heteroatoms. The highest BCUT2D eigenvalue weighted by atomic mass is 16.2. The zero-order valence-electron chi connectivity index (χ0n) is 14.4. The van der Waals surface area contributed by atoms with Crippen LogP contribution in [0.25, 0.3) is 5.69 Å². The highest BCUT2D eigenvalue weighted by Gasteiger charge is 2.24. The standard InChI is InChI=1S/C20H20N4O2/c25-18(12-14-23-13-5-4-11-19(23)26)21-20-16-9-6-10-17(16)22-24(20)15-7-2-1-3-8-15/h1-5,7-8,11,13H,6,9-10,12,14H2,(H,21,25). The van der Waals surface area contributed by atoms with Crippen molar-refractivity contribution in [1.82, 2.24) is 14.3 Å². The summed E-state index contributed by atoms with van der Waals surface area (Å²) in [6.07, 6.45) is 4.86. The molecule has 2 aromatic heterocycles. The third-order valence-corrected chi connectivity index (χ3v) is 4.64. The minimum atomic E-state index is -0.118. The number of nitrogens with zero attached hydrogens (tertiary/aromatic N) is 3. The smallest absolute Gasteiger partial charge is 0.250 e. The van der Waals surface area contributed by atoms with Crippen molar-refractivity contribution in [3.63, 3.8) is 0 Å². The van der Waals surface area contributed by atoms with Crippen molar-refractivity contribution < 1.29 is 4.79 Å². The number of aryl methyl sites for hydroxylation is 2. The van der Waals surface area contributed by atoms with E-state index in [1.165, 1.54) is 6.07 Å². The Bertz CT molecular complexity index is 989. The average molecular weight is 348 g/mol. The number of benzene rings is 1. The molecule has 0 fully saturated rings. The van der Waals surface area contributed by atoms with Crippen LogP contribution in [0.4, 0.5) is 5.82 Å². The maximum atomic E-state index is 12.5. The number of nitrogens with one attached hydrogen (secondary N) is 1. The Labute approximate surface area is 151 Å². The molecule has 2 heterocycles. The topological polar surface area (TPSA) is 68.9 Å². The number of carbonyl (C=O) groups excluding carboxylic acids is 1. The molecule has 1 aliphatic carbocycles. The molecule has 0 saturated carbocycles. The summed E-state index contributed by atoms with van der Waals surface area (Å²) >= 11 is 0. The van der Waals surface area contributed by atoms with E-state index in [4.69, 9.17) is 5.10 Å². The van der Waals surface area contributed by atoms with Crippen LogP contribution in [0.5, 0.6) is 0 Å². The minimum Gasteiger partial charge on any atom is -0.315 e. The molecule has 0 bridgehead atoms. The van der Waals surface area contributed by atoms with Gasteiger partial charge in [-0.1, -0.05) is 24.3 Å². The van der Waals surface area contributed by atoms with Gasteiger partial charge in [0.05, 0.1) is 11.4 Å². The van der Waals surface area contributed by atoms with Gasteiger partial charge in [-0.15, -0.1) is 0 Å². The van der Waals surface area contributed by atoms with Gasteiger partial charge in [-0.05, 0) is 37.5 Å². The van der Waals surface area contributed by atoms with E-state index >= 15 is 0 Å². The number of fused-ring (bicyclic) bond motifs is 1. The lowest BCUT2D eigenvalue weighted by Crippen LogP contribution is -2.22. The van der Waals surface area contributed by atoms with Gasteiger partial charge in [0.2, 0.25) is 5.91 Å². The molecule has 6 nitrogen and oxygen atoms in total. The van der Waals surface area contributed by atoms with E-state index < -0.39 is 0 Å². The molecular formula is C20H20N4O2. The molecule has 3 aromatic rings. The Morgan fingerprint density at radius 1 is 1.08 bits per heavy atom. The summed E-state index contributed by atoms with van der Waals surface area (Å²) in [5.41, 5.74) is 3.01. The Morgan fingerprint density at radius 2 is 1.88 bits per heavy atom. The first-order valence-electron chi connectivity index (χ1n) is 8.84. The van der Waals surface area contributed by atoms with Crippen molar-refractivity contribution in [1.29, 1.82) is 0 Å². The van der Waals surface area contributed by atoms with E-state index in [1.807, 2.05) is 35.0 Å². The number of rotatable bonds is 5. The van der Waals surface area contributed by atoms with E-state index in [2.05, 4.69) is 5.32 Å². The molecule has 1 aliphatic rings. The van der Waals surface area contributed by atoms with E-state index in [1.54, 1.807) is 22.9 Å². The van der Waals surface area contributed by atoms with Gasteiger partial charge in [0.1, 0.15) is 5.82 Å². The highest BCUT2D eigenvalue weighted by Crippen LogP contribution is 2.30. The molecular weight excluding hydrogens is 328 g/mol. The van der Waals surface area contributed by atoms with Crippen LogP contribution in [0, 0.1) is 0 Å². The number of hydrogen-bond donors (Lipinski definition) is 1. The van der Waals surface area contributed by atoms with Gasteiger partial charge in [0.15, 0.2) is 0 Å². The Morgan fingerprint density at radius 3 is 2.69 bits per heavy atom. The van der Waals surface area contributed by atoms with Crippen molar-refractivity contribution in [2.75, 3.05) is 5.32 Å². The largest absolute Gasteiger partial charge is 0.315 e. The van der Waals surface area contributed by atoms with Crippen molar-refractivity contribution in [2.24, 2.45) is 0 Å². The van der Waals surface area contributed by atoms with Crippen LogP contribution in [0.1, 0.15) is 24.1 Å². The van der Waals surface area contributed by atoms with Gasteiger partial charge in [0, 0.05) is 30.8 Å². The van der Waals surface area contributed by atoms with Crippen LogP contribution in [0.15, 0.2) is 59.5 Å². The average Bonchev–Trinajstić information content (AvgIpc) is 3.24. The number of para-hydroxylation sites is 1. The Balaban J connectivity index is 1.55. The van der Waals surface area contributed by atoms with E-state index in [0.29, 0.717) is 6.54 Å². The van der Waals surface area contributed by atoms with Crippen LogP contribution in [-0.2, 0) is 24.2 Å². The maximum absolute atomic E-state index is 12.5. The van der Waals surface area contributed by atoms with Gasteiger partial charge in [-0.3, -0.25) is 9.59 Å². The summed E-state index contributed by atoms with van der Waals surface area (Å²) in [5.74, 6) is 0.640. The van der Waals surface area contributed by atoms with Gasteiger partial charge in [-0.2, -0.15) is 5.10 Å². The van der Waals surface area contributed by atoms with E-state index in [9.17, 15) is 9.59 Å². The summed E-state index contributed by atoms with van der Waals surface area (Å²) in [7, 11) is 0. The molecule has 0 unspecified atom stereocenters. The number of hydrogen-bond acceptors (Lipinski definition) is 3. The number of aromatic nitrogens is 3. The van der Waals surface area contributed by atoms with Crippen molar-refractivity contribution in [3.8, 4) is 5.69 Å². The molecule has 0 radical (unpaired) electrons. The van der Waals surface area contributed by atoms with Gasteiger partial charge in [0.25, 0.3) is 5.56 Å². The quantitative estimate of drug-likeness (QED) is 0.770. The van der Waals surface area contributed by atoms with Crippen LogP contribution in [0.2, 0.25) is 0 Å². The van der Waals surface area contributed by atoms with Gasteiger partial charge in [-0.25, -0.2) is 4.68 Å². The van der Waals surface area contributed by atoms with E-state index in [0.717, 1.165) is 42.0 Å². The molecule has 0 saturated heterocycles. The first kappa shape index (κ1) is 16.3. The summed E-state index contributed by atoms with van der Waals surface area (Å²) < 4.78 is 3.36. The number of anilines is 1. The fourth-order valence-corrected chi connectivity index (χ4v) is 3.34. The second-order valence-corrected chi connectivity index (χ2v) is 6.41. The van der Waals surface area contributed by atoms with Crippen LogP contribution in [0.3, 0.4) is 0 Å². The zero-order valence-corrected chi connectivity index (χ0v) is 14.4.